The standard InChI is InChI=1S/C11H16N2OS/c1-13-8-9-2-4-10(5-3-9)15-7-6-11(12)14/h2-5,13H,6-8H2,1H3,(H2,12,14). The minimum Gasteiger partial charge on any atom is -0.370 e. The molecule has 3 N–H and O–H groups in total. The predicted molar refractivity (Wildman–Crippen MR) is 63.7 cm³/mol. The molecule has 82 valence electrons. The summed E-state index contributed by atoms with van der Waals surface area (Å²) in [5, 5.41) is 3.09. The second kappa shape index (κ2) is 6.48. The van der Waals surface area contributed by atoms with Gasteiger partial charge < -0.3 is 11.1 Å². The molecular weight excluding hydrogens is 208 g/mol. The van der Waals surface area contributed by atoms with Crippen molar-refractivity contribution in [1.82, 2.24) is 5.32 Å². The quantitative estimate of drug-likeness (QED) is 0.718. The molecule has 0 fully saturated rings. The SMILES string of the molecule is CNCc1ccc(SCCC(N)=O)cc1. The highest BCUT2D eigenvalue weighted by molar-refractivity contribution is 7.99. The van der Waals surface area contributed by atoms with Gasteiger partial charge in [-0.25, -0.2) is 0 Å². The normalized spacial score (nSPS) is 10.2. The first-order valence-electron chi connectivity index (χ1n) is 4.87. The Labute approximate surface area is 94.4 Å². The Morgan fingerprint density at radius 1 is 1.40 bits per heavy atom. The number of rotatable bonds is 6. The molecule has 15 heavy (non-hydrogen) atoms. The van der Waals surface area contributed by atoms with E-state index in [1.165, 1.54) is 10.5 Å². The number of thioether (sulfide) groups is 1. The summed E-state index contributed by atoms with van der Waals surface area (Å²) >= 11 is 1.65. The highest BCUT2D eigenvalue weighted by Crippen LogP contribution is 2.18. The monoisotopic (exact) mass is 224 g/mol. The lowest BCUT2D eigenvalue weighted by Crippen LogP contribution is -2.10. The molecule has 0 atom stereocenters. The van der Waals surface area contributed by atoms with E-state index < -0.39 is 0 Å². The van der Waals surface area contributed by atoms with Gasteiger partial charge in [0.05, 0.1) is 0 Å². The van der Waals surface area contributed by atoms with E-state index in [1.54, 1.807) is 11.8 Å². The lowest BCUT2D eigenvalue weighted by molar-refractivity contribution is -0.117. The maximum atomic E-state index is 10.5. The molecule has 0 spiro atoms. The van der Waals surface area contributed by atoms with Crippen molar-refractivity contribution in [1.29, 1.82) is 0 Å². The first-order valence-corrected chi connectivity index (χ1v) is 5.85. The maximum absolute atomic E-state index is 10.5. The van der Waals surface area contributed by atoms with E-state index in [-0.39, 0.29) is 5.91 Å². The highest BCUT2D eigenvalue weighted by Gasteiger charge is 1.97. The third-order valence-electron chi connectivity index (χ3n) is 1.92. The molecule has 1 aromatic carbocycles. The van der Waals surface area contributed by atoms with Crippen LogP contribution in [-0.4, -0.2) is 18.7 Å². The number of nitrogens with one attached hydrogen (secondary N) is 1. The summed E-state index contributed by atoms with van der Waals surface area (Å²) in [7, 11) is 1.93. The number of hydrogen-bond acceptors (Lipinski definition) is 3. The van der Waals surface area contributed by atoms with Crippen LogP contribution in [0, 0.1) is 0 Å². The molecule has 1 rings (SSSR count). The number of carbonyl (C=O) groups excluding carboxylic acids is 1. The van der Waals surface area contributed by atoms with Gasteiger partial charge in [-0.05, 0) is 24.7 Å². The molecule has 0 heterocycles. The number of primary amides is 1. The van der Waals surface area contributed by atoms with Crippen LogP contribution >= 0.6 is 11.8 Å². The van der Waals surface area contributed by atoms with Crippen molar-refractivity contribution in [2.75, 3.05) is 12.8 Å². The van der Waals surface area contributed by atoms with E-state index in [9.17, 15) is 4.79 Å². The molecule has 0 radical (unpaired) electrons. The van der Waals surface area contributed by atoms with E-state index in [2.05, 4.69) is 29.6 Å². The van der Waals surface area contributed by atoms with Crippen LogP contribution in [0.25, 0.3) is 0 Å². The maximum Gasteiger partial charge on any atom is 0.218 e. The summed E-state index contributed by atoms with van der Waals surface area (Å²) in [5.41, 5.74) is 6.32. The topological polar surface area (TPSA) is 55.1 Å². The number of amides is 1. The molecule has 0 bridgehead atoms. The molecule has 0 saturated heterocycles. The molecule has 0 aromatic heterocycles. The molecule has 0 saturated carbocycles. The van der Waals surface area contributed by atoms with Crippen LogP contribution in [0.1, 0.15) is 12.0 Å². The number of carbonyl (C=O) groups is 1. The average molecular weight is 224 g/mol. The first-order chi connectivity index (χ1) is 7.22. The van der Waals surface area contributed by atoms with Gasteiger partial charge in [0.25, 0.3) is 0 Å². The predicted octanol–water partition coefficient (Wildman–Crippen LogP) is 1.37. The van der Waals surface area contributed by atoms with Gasteiger partial charge in [-0.15, -0.1) is 11.8 Å². The van der Waals surface area contributed by atoms with Crippen molar-refractivity contribution in [2.24, 2.45) is 5.73 Å². The average Bonchev–Trinajstić information content (AvgIpc) is 2.20. The fourth-order valence-electron chi connectivity index (χ4n) is 1.18. The van der Waals surface area contributed by atoms with E-state index >= 15 is 0 Å². The number of benzene rings is 1. The van der Waals surface area contributed by atoms with Gasteiger partial charge >= 0.3 is 0 Å². The molecule has 0 unspecified atom stereocenters. The Morgan fingerprint density at radius 3 is 2.60 bits per heavy atom. The smallest absolute Gasteiger partial charge is 0.218 e. The summed E-state index contributed by atoms with van der Waals surface area (Å²) in [6.07, 6.45) is 0.433. The van der Waals surface area contributed by atoms with Gasteiger partial charge in [0.1, 0.15) is 0 Å². The molecule has 1 amide bonds. The Balaban J connectivity index is 2.39. The zero-order chi connectivity index (χ0) is 11.1. The van der Waals surface area contributed by atoms with Crippen LogP contribution in [0.5, 0.6) is 0 Å². The van der Waals surface area contributed by atoms with Gasteiger partial charge in [0, 0.05) is 23.6 Å². The summed E-state index contributed by atoms with van der Waals surface area (Å²) in [5.74, 6) is 0.509. The molecular formula is C11H16N2OS. The zero-order valence-electron chi connectivity index (χ0n) is 8.82. The second-order valence-corrected chi connectivity index (χ2v) is 4.41. The highest BCUT2D eigenvalue weighted by atomic mass is 32.2. The van der Waals surface area contributed by atoms with Crippen molar-refractivity contribution in [3.63, 3.8) is 0 Å². The van der Waals surface area contributed by atoms with E-state index in [0.717, 1.165) is 12.3 Å². The minimum absolute atomic E-state index is 0.241. The van der Waals surface area contributed by atoms with Crippen molar-refractivity contribution in [2.45, 2.75) is 17.9 Å². The minimum atomic E-state index is -0.241. The van der Waals surface area contributed by atoms with Crippen molar-refractivity contribution >= 4 is 17.7 Å². The van der Waals surface area contributed by atoms with Gasteiger partial charge in [-0.1, -0.05) is 12.1 Å². The summed E-state index contributed by atoms with van der Waals surface area (Å²) in [6, 6.07) is 8.31. The Bertz CT molecular complexity index is 311. The molecule has 0 aliphatic carbocycles. The number of nitrogens with two attached hydrogens (primary N) is 1. The third kappa shape index (κ3) is 4.85. The molecule has 1 aromatic rings. The molecule has 0 aliphatic heterocycles. The summed E-state index contributed by atoms with van der Waals surface area (Å²) in [4.78, 5) is 11.7. The Hall–Kier alpha value is -1.00. The van der Waals surface area contributed by atoms with Crippen LogP contribution in [0.3, 0.4) is 0 Å². The molecule has 3 nitrogen and oxygen atoms in total. The van der Waals surface area contributed by atoms with Gasteiger partial charge in [0.15, 0.2) is 0 Å². The van der Waals surface area contributed by atoms with Crippen molar-refractivity contribution in [3.05, 3.63) is 29.8 Å². The number of hydrogen-bond donors (Lipinski definition) is 2. The fraction of sp³-hybridized carbons (Fsp3) is 0.364. The lowest BCUT2D eigenvalue weighted by atomic mass is 10.2. The van der Waals surface area contributed by atoms with Gasteiger partial charge in [-0.3, -0.25) is 4.79 Å². The van der Waals surface area contributed by atoms with Gasteiger partial charge in [-0.2, -0.15) is 0 Å². The fourth-order valence-corrected chi connectivity index (χ4v) is 2.04. The zero-order valence-corrected chi connectivity index (χ0v) is 9.64. The van der Waals surface area contributed by atoms with E-state index in [1.807, 2.05) is 7.05 Å². The van der Waals surface area contributed by atoms with Gasteiger partial charge in [0.2, 0.25) is 5.91 Å². The van der Waals surface area contributed by atoms with Crippen LogP contribution < -0.4 is 11.1 Å². The Kier molecular flexibility index (Phi) is 5.21. The van der Waals surface area contributed by atoms with Crippen LogP contribution in [0.15, 0.2) is 29.2 Å². The molecule has 4 heteroatoms. The van der Waals surface area contributed by atoms with Crippen LogP contribution in [0.4, 0.5) is 0 Å². The van der Waals surface area contributed by atoms with E-state index in [0.29, 0.717) is 6.42 Å². The Morgan fingerprint density at radius 2 is 2.07 bits per heavy atom. The van der Waals surface area contributed by atoms with Crippen molar-refractivity contribution in [3.8, 4) is 0 Å². The third-order valence-corrected chi connectivity index (χ3v) is 2.94. The van der Waals surface area contributed by atoms with Crippen LogP contribution in [0.2, 0.25) is 0 Å². The summed E-state index contributed by atoms with van der Waals surface area (Å²) in [6.45, 7) is 0.881. The second-order valence-electron chi connectivity index (χ2n) is 3.24. The van der Waals surface area contributed by atoms with Crippen molar-refractivity contribution < 1.29 is 4.79 Å². The van der Waals surface area contributed by atoms with Crippen LogP contribution in [-0.2, 0) is 11.3 Å². The lowest BCUT2D eigenvalue weighted by Gasteiger charge is -2.02. The van der Waals surface area contributed by atoms with E-state index in [4.69, 9.17) is 5.73 Å². The summed E-state index contributed by atoms with van der Waals surface area (Å²) < 4.78 is 0. The first kappa shape index (κ1) is 12.1. The largest absolute Gasteiger partial charge is 0.370 e. The molecule has 0 aliphatic rings.